The zero-order valence-corrected chi connectivity index (χ0v) is 11.5. The second kappa shape index (κ2) is 6.36. The number of primary amides is 1. The van der Waals surface area contributed by atoms with Crippen LogP contribution in [0.1, 0.15) is 40.0 Å². The van der Waals surface area contributed by atoms with Gasteiger partial charge in [0.2, 0.25) is 5.91 Å². The van der Waals surface area contributed by atoms with Crippen molar-refractivity contribution in [1.29, 1.82) is 0 Å². The van der Waals surface area contributed by atoms with E-state index in [1.165, 1.54) is 19.3 Å². The summed E-state index contributed by atoms with van der Waals surface area (Å²) >= 11 is 0. The zero-order chi connectivity index (χ0) is 12.9. The molecule has 3 N–H and O–H groups in total. The second-order valence-corrected chi connectivity index (χ2v) is 5.54. The molecule has 0 aliphatic carbocycles. The molecule has 0 aromatic rings. The molecule has 100 valence electrons. The lowest BCUT2D eigenvalue weighted by Gasteiger charge is -2.33. The molecule has 0 spiro atoms. The van der Waals surface area contributed by atoms with Crippen LogP contribution in [0.25, 0.3) is 0 Å². The average Bonchev–Trinajstić information content (AvgIpc) is 2.44. The lowest BCUT2D eigenvalue weighted by molar-refractivity contribution is -0.124. The van der Waals surface area contributed by atoms with E-state index in [4.69, 9.17) is 5.73 Å². The summed E-state index contributed by atoms with van der Waals surface area (Å²) < 4.78 is 0. The molecule has 0 radical (unpaired) electrons. The highest BCUT2D eigenvalue weighted by Gasteiger charge is 2.32. The Balaban J connectivity index is 2.57. The highest BCUT2D eigenvalue weighted by Crippen LogP contribution is 2.18. The molecule has 4 nitrogen and oxygen atoms in total. The number of amides is 1. The number of carbonyl (C=O) groups excluding carboxylic acids is 1. The van der Waals surface area contributed by atoms with Crippen molar-refractivity contribution < 1.29 is 4.79 Å². The first-order chi connectivity index (χ1) is 7.98. The van der Waals surface area contributed by atoms with Crippen LogP contribution >= 0.6 is 0 Å². The van der Waals surface area contributed by atoms with Gasteiger partial charge in [-0.25, -0.2) is 0 Å². The van der Waals surface area contributed by atoms with Crippen molar-refractivity contribution in [2.45, 2.75) is 45.6 Å². The molecule has 1 fully saturated rings. The SMILES string of the molecule is CCNC(C)(CN1CCCC(C)CC1)C(N)=O. The molecule has 4 heteroatoms. The number of hydrogen-bond donors (Lipinski definition) is 2. The monoisotopic (exact) mass is 241 g/mol. The predicted molar refractivity (Wildman–Crippen MR) is 70.7 cm³/mol. The van der Waals surface area contributed by atoms with E-state index in [9.17, 15) is 4.79 Å². The minimum Gasteiger partial charge on any atom is -0.368 e. The summed E-state index contributed by atoms with van der Waals surface area (Å²) in [5, 5.41) is 3.22. The van der Waals surface area contributed by atoms with Crippen molar-refractivity contribution in [1.82, 2.24) is 10.2 Å². The molecule has 0 aromatic heterocycles. The van der Waals surface area contributed by atoms with Crippen LogP contribution in [0, 0.1) is 5.92 Å². The Labute approximate surface area is 105 Å². The molecule has 1 amide bonds. The average molecular weight is 241 g/mol. The van der Waals surface area contributed by atoms with Crippen molar-refractivity contribution >= 4 is 5.91 Å². The fourth-order valence-electron chi connectivity index (χ4n) is 2.54. The van der Waals surface area contributed by atoms with Gasteiger partial charge in [0.05, 0.1) is 0 Å². The second-order valence-electron chi connectivity index (χ2n) is 5.54. The summed E-state index contributed by atoms with van der Waals surface area (Å²) in [4.78, 5) is 13.9. The van der Waals surface area contributed by atoms with Gasteiger partial charge in [0.15, 0.2) is 0 Å². The number of nitrogens with two attached hydrogens (primary N) is 1. The molecule has 1 heterocycles. The molecule has 0 bridgehead atoms. The number of hydrogen-bond acceptors (Lipinski definition) is 3. The van der Waals surface area contributed by atoms with Crippen LogP contribution in [0.4, 0.5) is 0 Å². The first-order valence-corrected chi connectivity index (χ1v) is 6.75. The number of carbonyl (C=O) groups is 1. The van der Waals surface area contributed by atoms with Gasteiger partial charge in [-0.2, -0.15) is 0 Å². The lowest BCUT2D eigenvalue weighted by atomic mass is 10.0. The number of rotatable bonds is 5. The van der Waals surface area contributed by atoms with Crippen LogP contribution in [-0.4, -0.2) is 42.5 Å². The first kappa shape index (κ1) is 14.5. The van der Waals surface area contributed by atoms with Crippen molar-refractivity contribution in [3.63, 3.8) is 0 Å². The van der Waals surface area contributed by atoms with Crippen LogP contribution in [0.15, 0.2) is 0 Å². The molecular weight excluding hydrogens is 214 g/mol. The third-order valence-corrected chi connectivity index (χ3v) is 3.76. The predicted octanol–water partition coefficient (Wildman–Crippen LogP) is 0.962. The van der Waals surface area contributed by atoms with Crippen molar-refractivity contribution in [3.05, 3.63) is 0 Å². The van der Waals surface area contributed by atoms with Gasteiger partial charge in [-0.3, -0.25) is 4.79 Å². The quantitative estimate of drug-likeness (QED) is 0.754. The molecule has 2 atom stereocenters. The van der Waals surface area contributed by atoms with E-state index < -0.39 is 5.54 Å². The Morgan fingerprint density at radius 1 is 1.47 bits per heavy atom. The maximum absolute atomic E-state index is 11.6. The van der Waals surface area contributed by atoms with Crippen LogP contribution in [0.5, 0.6) is 0 Å². The molecule has 0 aromatic carbocycles. The van der Waals surface area contributed by atoms with Gasteiger partial charge < -0.3 is 16.0 Å². The Hall–Kier alpha value is -0.610. The van der Waals surface area contributed by atoms with Crippen molar-refractivity contribution in [2.75, 3.05) is 26.2 Å². The minimum atomic E-state index is -0.595. The molecular formula is C13H27N3O. The minimum absolute atomic E-state index is 0.253. The smallest absolute Gasteiger partial charge is 0.238 e. The lowest BCUT2D eigenvalue weighted by Crippen LogP contribution is -2.59. The normalized spacial score (nSPS) is 26.2. The number of nitrogens with zero attached hydrogens (tertiary/aromatic N) is 1. The molecule has 1 saturated heterocycles. The summed E-state index contributed by atoms with van der Waals surface area (Å²) in [6, 6.07) is 0. The van der Waals surface area contributed by atoms with E-state index in [0.717, 1.165) is 32.1 Å². The maximum Gasteiger partial charge on any atom is 0.238 e. The summed E-state index contributed by atoms with van der Waals surface area (Å²) in [5.41, 5.74) is 4.92. The van der Waals surface area contributed by atoms with Crippen LogP contribution in [-0.2, 0) is 4.79 Å². The van der Waals surface area contributed by atoms with Gasteiger partial charge in [0.1, 0.15) is 5.54 Å². The zero-order valence-electron chi connectivity index (χ0n) is 11.5. The summed E-state index contributed by atoms with van der Waals surface area (Å²) in [6.45, 7) is 9.88. The highest BCUT2D eigenvalue weighted by molar-refractivity contribution is 5.84. The molecule has 17 heavy (non-hydrogen) atoms. The summed E-state index contributed by atoms with van der Waals surface area (Å²) in [5.74, 6) is 0.551. The van der Waals surface area contributed by atoms with Crippen LogP contribution in [0.2, 0.25) is 0 Å². The third kappa shape index (κ3) is 4.28. The molecule has 0 saturated carbocycles. The Bertz CT molecular complexity index is 257. The Kier molecular flexibility index (Phi) is 5.40. The highest BCUT2D eigenvalue weighted by atomic mass is 16.1. The molecule has 2 unspecified atom stereocenters. The van der Waals surface area contributed by atoms with Crippen molar-refractivity contribution in [3.8, 4) is 0 Å². The maximum atomic E-state index is 11.6. The van der Waals surface area contributed by atoms with Gasteiger partial charge in [-0.15, -0.1) is 0 Å². The Morgan fingerprint density at radius 3 is 2.76 bits per heavy atom. The number of likely N-dealkylation sites (tertiary alicyclic amines) is 1. The largest absolute Gasteiger partial charge is 0.368 e. The fraction of sp³-hybridized carbons (Fsp3) is 0.923. The van der Waals surface area contributed by atoms with Crippen LogP contribution in [0.3, 0.4) is 0 Å². The van der Waals surface area contributed by atoms with E-state index in [1.807, 2.05) is 13.8 Å². The van der Waals surface area contributed by atoms with E-state index >= 15 is 0 Å². The number of likely N-dealkylation sites (N-methyl/N-ethyl adjacent to an activating group) is 1. The fourth-order valence-corrected chi connectivity index (χ4v) is 2.54. The summed E-state index contributed by atoms with van der Waals surface area (Å²) in [7, 11) is 0. The molecule has 1 aliphatic rings. The van der Waals surface area contributed by atoms with Gasteiger partial charge in [-0.1, -0.05) is 13.8 Å². The van der Waals surface area contributed by atoms with Gasteiger partial charge >= 0.3 is 0 Å². The number of nitrogens with one attached hydrogen (secondary N) is 1. The first-order valence-electron chi connectivity index (χ1n) is 6.75. The molecule has 1 rings (SSSR count). The van der Waals surface area contributed by atoms with Crippen LogP contribution < -0.4 is 11.1 Å². The van der Waals surface area contributed by atoms with E-state index in [1.54, 1.807) is 0 Å². The van der Waals surface area contributed by atoms with E-state index in [0.29, 0.717) is 0 Å². The van der Waals surface area contributed by atoms with E-state index in [2.05, 4.69) is 17.1 Å². The van der Waals surface area contributed by atoms with Crippen molar-refractivity contribution in [2.24, 2.45) is 11.7 Å². The van der Waals surface area contributed by atoms with Gasteiger partial charge in [-0.05, 0) is 51.7 Å². The standard InChI is InChI=1S/C13H27N3O/c1-4-15-13(3,12(14)17)10-16-8-5-6-11(2)7-9-16/h11,15H,4-10H2,1-3H3,(H2,14,17). The van der Waals surface area contributed by atoms with Gasteiger partial charge in [0, 0.05) is 6.54 Å². The van der Waals surface area contributed by atoms with Gasteiger partial charge in [0.25, 0.3) is 0 Å². The molecule has 1 aliphatic heterocycles. The summed E-state index contributed by atoms with van der Waals surface area (Å²) in [6.07, 6.45) is 3.74. The topological polar surface area (TPSA) is 58.4 Å². The third-order valence-electron chi connectivity index (χ3n) is 3.76. The van der Waals surface area contributed by atoms with E-state index in [-0.39, 0.29) is 5.91 Å². The Morgan fingerprint density at radius 2 is 2.18 bits per heavy atom.